The molecule has 0 heterocycles. The predicted octanol–water partition coefficient (Wildman–Crippen LogP) is 2.74. The number of hydrogen-bond donors (Lipinski definition) is 4. The fourth-order valence-electron chi connectivity index (χ4n) is 7.48. The van der Waals surface area contributed by atoms with Crippen molar-refractivity contribution in [1.82, 2.24) is 0 Å². The number of unbranched alkanes of at least 4 members (excludes halogenated alkanes) is 2. The molecule has 32 heavy (non-hydrogen) atoms. The van der Waals surface area contributed by atoms with Crippen LogP contribution in [0.1, 0.15) is 66.7 Å². The number of carbonyl (C=O) groups is 1. The van der Waals surface area contributed by atoms with Gasteiger partial charge in [-0.25, -0.2) is 0 Å². The third kappa shape index (κ3) is 3.09. The second-order valence-electron chi connectivity index (χ2n) is 11.4. The van der Waals surface area contributed by atoms with E-state index in [0.29, 0.717) is 23.5 Å². The van der Waals surface area contributed by atoms with Crippen LogP contribution in [0.2, 0.25) is 0 Å². The zero-order valence-corrected chi connectivity index (χ0v) is 20.0. The van der Waals surface area contributed by atoms with Crippen LogP contribution >= 0.6 is 0 Å². The lowest BCUT2D eigenvalue weighted by atomic mass is 9.58. The molecule has 0 aromatic rings. The van der Waals surface area contributed by atoms with Crippen molar-refractivity contribution in [2.45, 2.75) is 90.6 Å². The van der Waals surface area contributed by atoms with E-state index in [4.69, 9.17) is 4.74 Å². The van der Waals surface area contributed by atoms with Crippen LogP contribution in [0.25, 0.3) is 0 Å². The SMILES string of the molecule is CCCCCC(=O)OCC1=C[C@@H]2C(O)[C@]3(C=C(C)[C@H](O)[C@@]3(O)[C@@H]1O)[C@H](C)CC1[C@H]2C1(C)C. The molecular formula is C26H40O6. The van der Waals surface area contributed by atoms with E-state index in [2.05, 4.69) is 20.8 Å². The van der Waals surface area contributed by atoms with Crippen LogP contribution in [-0.4, -0.2) is 56.9 Å². The molecule has 2 fully saturated rings. The van der Waals surface area contributed by atoms with Gasteiger partial charge in [0.2, 0.25) is 0 Å². The molecule has 6 heteroatoms. The molecule has 0 aromatic carbocycles. The highest BCUT2D eigenvalue weighted by Crippen LogP contribution is 2.72. The highest BCUT2D eigenvalue weighted by molar-refractivity contribution is 5.69. The van der Waals surface area contributed by atoms with Gasteiger partial charge in [-0.1, -0.05) is 52.7 Å². The second-order valence-corrected chi connectivity index (χ2v) is 11.4. The first kappa shape index (κ1) is 23.9. The number of rotatable bonds is 6. The Bertz CT molecular complexity index is 830. The number of aliphatic hydroxyl groups is 4. The minimum atomic E-state index is -1.98. The normalized spacial score (nSPS) is 46.2. The Kier molecular flexibility index (Phi) is 5.93. The molecule has 6 nitrogen and oxygen atoms in total. The van der Waals surface area contributed by atoms with Gasteiger partial charge < -0.3 is 25.2 Å². The van der Waals surface area contributed by atoms with Crippen molar-refractivity contribution in [3.8, 4) is 0 Å². The number of ether oxygens (including phenoxy) is 1. The van der Waals surface area contributed by atoms with E-state index in [1.54, 1.807) is 6.92 Å². The van der Waals surface area contributed by atoms with E-state index in [1.165, 1.54) is 0 Å². The smallest absolute Gasteiger partial charge is 0.306 e. The average molecular weight is 449 g/mol. The third-order valence-corrected chi connectivity index (χ3v) is 9.40. The van der Waals surface area contributed by atoms with Crippen LogP contribution in [0.3, 0.4) is 0 Å². The molecule has 0 aliphatic heterocycles. The van der Waals surface area contributed by atoms with Crippen molar-refractivity contribution >= 4 is 5.97 Å². The molecule has 2 saturated carbocycles. The van der Waals surface area contributed by atoms with Crippen molar-refractivity contribution in [1.29, 1.82) is 0 Å². The molecule has 2 bridgehead atoms. The summed E-state index contributed by atoms with van der Waals surface area (Å²) in [7, 11) is 0. The highest BCUT2D eigenvalue weighted by atomic mass is 16.5. The number of aliphatic hydroxyl groups excluding tert-OH is 3. The molecule has 0 aromatic heterocycles. The van der Waals surface area contributed by atoms with Gasteiger partial charge in [0, 0.05) is 12.3 Å². The number of esters is 1. The molecule has 4 N–H and O–H groups in total. The van der Waals surface area contributed by atoms with Gasteiger partial charge in [0.05, 0.1) is 11.5 Å². The van der Waals surface area contributed by atoms with Crippen molar-refractivity contribution in [3.63, 3.8) is 0 Å². The molecule has 4 rings (SSSR count). The van der Waals surface area contributed by atoms with Crippen LogP contribution in [0.5, 0.6) is 0 Å². The number of hydrogen-bond acceptors (Lipinski definition) is 6. The van der Waals surface area contributed by atoms with Crippen LogP contribution in [-0.2, 0) is 9.53 Å². The minimum absolute atomic E-state index is 0.0450. The van der Waals surface area contributed by atoms with Crippen molar-refractivity contribution < 1.29 is 30.0 Å². The van der Waals surface area contributed by atoms with Crippen molar-refractivity contribution in [2.24, 2.45) is 34.5 Å². The third-order valence-electron chi connectivity index (χ3n) is 9.40. The first-order valence-electron chi connectivity index (χ1n) is 12.3. The maximum Gasteiger partial charge on any atom is 0.306 e. The van der Waals surface area contributed by atoms with E-state index in [1.807, 2.05) is 19.1 Å². The topological polar surface area (TPSA) is 107 Å². The lowest BCUT2D eigenvalue weighted by molar-refractivity contribution is -0.215. The van der Waals surface area contributed by atoms with Crippen LogP contribution < -0.4 is 0 Å². The van der Waals surface area contributed by atoms with Gasteiger partial charge in [-0.05, 0) is 54.1 Å². The fourth-order valence-corrected chi connectivity index (χ4v) is 7.48. The monoisotopic (exact) mass is 448 g/mol. The molecular weight excluding hydrogens is 408 g/mol. The van der Waals surface area contributed by atoms with E-state index < -0.39 is 29.3 Å². The summed E-state index contributed by atoms with van der Waals surface area (Å²) >= 11 is 0. The summed E-state index contributed by atoms with van der Waals surface area (Å²) in [6.45, 7) is 10.1. The zero-order valence-electron chi connectivity index (χ0n) is 20.0. The first-order valence-corrected chi connectivity index (χ1v) is 12.3. The molecule has 1 spiro atoms. The molecule has 2 unspecified atom stereocenters. The molecule has 0 radical (unpaired) electrons. The van der Waals surface area contributed by atoms with E-state index in [-0.39, 0.29) is 35.7 Å². The Balaban J connectivity index is 1.72. The molecule has 9 atom stereocenters. The van der Waals surface area contributed by atoms with Gasteiger partial charge in [-0.3, -0.25) is 4.79 Å². The van der Waals surface area contributed by atoms with E-state index in [9.17, 15) is 25.2 Å². The maximum absolute atomic E-state index is 12.2. The van der Waals surface area contributed by atoms with Gasteiger partial charge in [-0.2, -0.15) is 0 Å². The van der Waals surface area contributed by atoms with Gasteiger partial charge in [0.25, 0.3) is 0 Å². The summed E-state index contributed by atoms with van der Waals surface area (Å²) in [4.78, 5) is 12.2. The maximum atomic E-state index is 12.2. The molecule has 4 aliphatic rings. The van der Waals surface area contributed by atoms with E-state index >= 15 is 0 Å². The van der Waals surface area contributed by atoms with Crippen LogP contribution in [0, 0.1) is 34.5 Å². The van der Waals surface area contributed by atoms with E-state index in [0.717, 1.165) is 25.7 Å². The first-order chi connectivity index (χ1) is 14.9. The Labute approximate surface area is 191 Å². The summed E-state index contributed by atoms with van der Waals surface area (Å²) in [5.74, 6) is -0.190. The average Bonchev–Trinajstić information content (AvgIpc) is 3.24. The Morgan fingerprint density at radius 3 is 2.53 bits per heavy atom. The highest BCUT2D eigenvalue weighted by Gasteiger charge is 2.75. The summed E-state index contributed by atoms with van der Waals surface area (Å²) in [5, 5.41) is 46.4. The lowest BCUT2D eigenvalue weighted by Crippen LogP contribution is -2.66. The predicted molar refractivity (Wildman–Crippen MR) is 120 cm³/mol. The quantitative estimate of drug-likeness (QED) is 0.283. The Morgan fingerprint density at radius 2 is 1.88 bits per heavy atom. The summed E-state index contributed by atoms with van der Waals surface area (Å²) in [5.41, 5.74) is -2.17. The number of fused-ring (bicyclic) bond motifs is 3. The lowest BCUT2D eigenvalue weighted by Gasteiger charge is -2.51. The number of carbonyl (C=O) groups excluding carboxylic acids is 1. The van der Waals surface area contributed by atoms with Crippen molar-refractivity contribution in [2.75, 3.05) is 6.61 Å². The standard InChI is InChI=1S/C26H40O6/c1-6-7-8-9-19(27)32-13-16-11-17-20-18(24(20,4)5)10-15(3)25(23(17)30)12-14(2)21(28)26(25,31)22(16)29/h11-12,15,17-18,20-23,28-31H,6-10,13H2,1-5H3/t15-,17+,18?,20+,21+,22-,23?,25+,26-/m1/s1. The zero-order chi connectivity index (χ0) is 23.6. The Morgan fingerprint density at radius 1 is 1.19 bits per heavy atom. The largest absolute Gasteiger partial charge is 0.461 e. The minimum Gasteiger partial charge on any atom is -0.461 e. The fraction of sp³-hybridized carbons (Fsp3) is 0.808. The molecule has 180 valence electrons. The Hall–Kier alpha value is -1.21. The van der Waals surface area contributed by atoms with Crippen molar-refractivity contribution in [3.05, 3.63) is 23.3 Å². The van der Waals surface area contributed by atoms with Gasteiger partial charge >= 0.3 is 5.97 Å². The molecule has 0 amide bonds. The van der Waals surface area contributed by atoms with Crippen LogP contribution in [0.15, 0.2) is 23.3 Å². The van der Waals surface area contributed by atoms with Gasteiger partial charge in [0.1, 0.15) is 24.4 Å². The summed E-state index contributed by atoms with van der Waals surface area (Å²) in [6, 6.07) is 0. The molecule has 0 saturated heterocycles. The van der Waals surface area contributed by atoms with Gasteiger partial charge in [-0.15, -0.1) is 0 Å². The van der Waals surface area contributed by atoms with Gasteiger partial charge in [0.15, 0.2) is 0 Å². The summed E-state index contributed by atoms with van der Waals surface area (Å²) in [6.07, 6.45) is 3.77. The second kappa shape index (κ2) is 7.93. The molecule has 4 aliphatic carbocycles. The van der Waals surface area contributed by atoms with Crippen LogP contribution in [0.4, 0.5) is 0 Å². The summed E-state index contributed by atoms with van der Waals surface area (Å²) < 4.78 is 5.49.